The molecule has 0 aromatic heterocycles. The van der Waals surface area contributed by atoms with Crippen molar-refractivity contribution in [2.75, 3.05) is 5.73 Å². The first-order chi connectivity index (χ1) is 9.01. The summed E-state index contributed by atoms with van der Waals surface area (Å²) < 4.78 is 0. The van der Waals surface area contributed by atoms with Gasteiger partial charge in [0.1, 0.15) is 0 Å². The van der Waals surface area contributed by atoms with Gasteiger partial charge in [0, 0.05) is 5.69 Å². The fraction of sp³-hybridized carbons (Fsp3) is 0.333. The van der Waals surface area contributed by atoms with Crippen LogP contribution < -0.4 is 5.73 Å². The van der Waals surface area contributed by atoms with Gasteiger partial charge in [-0.1, -0.05) is 57.2 Å². The molecule has 0 heterocycles. The molecule has 2 aromatic rings. The van der Waals surface area contributed by atoms with Gasteiger partial charge in [0.15, 0.2) is 0 Å². The Morgan fingerprint density at radius 1 is 0.947 bits per heavy atom. The van der Waals surface area contributed by atoms with Crippen LogP contribution in [-0.2, 0) is 5.41 Å². The third-order valence-electron chi connectivity index (χ3n) is 4.72. The number of hydrogen-bond acceptors (Lipinski definition) is 1. The molecule has 98 valence electrons. The zero-order valence-electron chi connectivity index (χ0n) is 11.9. The first-order valence-corrected chi connectivity index (χ1v) is 6.96. The van der Waals surface area contributed by atoms with E-state index in [1.165, 1.54) is 16.7 Å². The highest BCUT2D eigenvalue weighted by Crippen LogP contribution is 2.55. The molecule has 0 radical (unpaired) electrons. The molecule has 0 saturated carbocycles. The Morgan fingerprint density at radius 3 is 2.21 bits per heavy atom. The molecule has 19 heavy (non-hydrogen) atoms. The first kappa shape index (κ1) is 12.3. The van der Waals surface area contributed by atoms with Crippen molar-refractivity contribution in [2.24, 2.45) is 0 Å². The van der Waals surface area contributed by atoms with Crippen LogP contribution >= 0.6 is 0 Å². The highest BCUT2D eigenvalue weighted by molar-refractivity contribution is 5.50. The predicted octanol–water partition coefficient (Wildman–Crippen LogP) is 4.45. The topological polar surface area (TPSA) is 26.0 Å². The van der Waals surface area contributed by atoms with Crippen LogP contribution in [0.4, 0.5) is 5.69 Å². The summed E-state index contributed by atoms with van der Waals surface area (Å²) in [5.41, 5.74) is 11.2. The summed E-state index contributed by atoms with van der Waals surface area (Å²) in [6.45, 7) is 7.06. The number of rotatable bonds is 1. The molecule has 2 atom stereocenters. The smallest absolute Gasteiger partial charge is 0.0314 e. The molecule has 0 amide bonds. The molecule has 1 heteroatoms. The van der Waals surface area contributed by atoms with E-state index in [4.69, 9.17) is 5.73 Å². The van der Waals surface area contributed by atoms with Crippen LogP contribution in [-0.4, -0.2) is 0 Å². The van der Waals surface area contributed by atoms with E-state index in [9.17, 15) is 0 Å². The summed E-state index contributed by atoms with van der Waals surface area (Å²) in [5.74, 6) is 1.07. The van der Waals surface area contributed by atoms with E-state index in [0.29, 0.717) is 11.8 Å². The van der Waals surface area contributed by atoms with Gasteiger partial charge in [-0.25, -0.2) is 0 Å². The molecule has 0 saturated heterocycles. The molecular formula is C18H21N. The number of benzene rings is 2. The Labute approximate surface area is 115 Å². The summed E-state index contributed by atoms with van der Waals surface area (Å²) in [5, 5.41) is 0. The monoisotopic (exact) mass is 251 g/mol. The molecule has 0 fully saturated rings. The zero-order chi connectivity index (χ0) is 13.6. The van der Waals surface area contributed by atoms with Crippen molar-refractivity contribution >= 4 is 5.69 Å². The third-order valence-corrected chi connectivity index (χ3v) is 4.72. The van der Waals surface area contributed by atoms with Crippen LogP contribution in [0.15, 0.2) is 48.5 Å². The van der Waals surface area contributed by atoms with Gasteiger partial charge in [0.25, 0.3) is 0 Å². The van der Waals surface area contributed by atoms with Gasteiger partial charge in [-0.3, -0.25) is 0 Å². The minimum atomic E-state index is 0.173. The maximum atomic E-state index is 5.81. The maximum Gasteiger partial charge on any atom is 0.0314 e. The van der Waals surface area contributed by atoms with E-state index in [1.807, 2.05) is 12.1 Å². The van der Waals surface area contributed by atoms with E-state index in [2.05, 4.69) is 57.2 Å². The molecule has 0 bridgehead atoms. The molecule has 0 aliphatic heterocycles. The summed E-state index contributed by atoms with van der Waals surface area (Å²) in [6.07, 6.45) is 0. The largest absolute Gasteiger partial charge is 0.399 e. The number of fused-ring (bicyclic) bond motifs is 1. The highest BCUT2D eigenvalue weighted by atomic mass is 14.5. The molecule has 2 unspecified atom stereocenters. The maximum absolute atomic E-state index is 5.81. The Morgan fingerprint density at radius 2 is 1.58 bits per heavy atom. The Balaban J connectivity index is 2.12. The second-order valence-corrected chi connectivity index (χ2v) is 6.24. The molecule has 3 rings (SSSR count). The van der Waals surface area contributed by atoms with Crippen molar-refractivity contribution in [1.29, 1.82) is 0 Å². The summed E-state index contributed by atoms with van der Waals surface area (Å²) in [7, 11) is 0. The quantitative estimate of drug-likeness (QED) is 0.745. The molecule has 1 nitrogen and oxygen atoms in total. The lowest BCUT2D eigenvalue weighted by Crippen LogP contribution is -2.23. The molecule has 2 aromatic carbocycles. The summed E-state index contributed by atoms with van der Waals surface area (Å²) >= 11 is 0. The average Bonchev–Trinajstić information content (AvgIpc) is 2.60. The van der Waals surface area contributed by atoms with Crippen molar-refractivity contribution in [2.45, 2.75) is 38.0 Å². The zero-order valence-corrected chi connectivity index (χ0v) is 11.9. The standard InChI is InChI=1S/C18H21N/c1-12-15-6-4-5-7-16(15)18(2,3)17(12)13-8-10-14(19)11-9-13/h4-12,17H,19H2,1-3H3. The Kier molecular flexibility index (Phi) is 2.67. The lowest BCUT2D eigenvalue weighted by Gasteiger charge is -2.31. The molecule has 2 N–H and O–H groups in total. The van der Waals surface area contributed by atoms with Gasteiger partial charge in [0.05, 0.1) is 0 Å². The lowest BCUT2D eigenvalue weighted by molar-refractivity contribution is 0.412. The van der Waals surface area contributed by atoms with Crippen LogP contribution in [0.1, 0.15) is 49.3 Å². The van der Waals surface area contributed by atoms with Gasteiger partial charge >= 0.3 is 0 Å². The van der Waals surface area contributed by atoms with Gasteiger partial charge in [-0.15, -0.1) is 0 Å². The van der Waals surface area contributed by atoms with E-state index >= 15 is 0 Å². The Bertz CT molecular complexity index is 595. The predicted molar refractivity (Wildman–Crippen MR) is 81.5 cm³/mol. The minimum absolute atomic E-state index is 0.173. The third kappa shape index (κ3) is 1.76. The van der Waals surface area contributed by atoms with E-state index in [0.717, 1.165) is 5.69 Å². The molecular weight excluding hydrogens is 230 g/mol. The van der Waals surface area contributed by atoms with Crippen LogP contribution in [0.25, 0.3) is 0 Å². The van der Waals surface area contributed by atoms with Gasteiger partial charge < -0.3 is 5.73 Å². The number of nitrogens with two attached hydrogens (primary N) is 1. The first-order valence-electron chi connectivity index (χ1n) is 6.96. The van der Waals surface area contributed by atoms with E-state index < -0.39 is 0 Å². The molecule has 1 aliphatic carbocycles. The normalized spacial score (nSPS) is 24.2. The van der Waals surface area contributed by atoms with Crippen molar-refractivity contribution in [3.63, 3.8) is 0 Å². The fourth-order valence-corrected chi connectivity index (χ4v) is 3.86. The van der Waals surface area contributed by atoms with Crippen molar-refractivity contribution in [3.8, 4) is 0 Å². The Hall–Kier alpha value is -1.76. The van der Waals surface area contributed by atoms with E-state index in [-0.39, 0.29) is 5.41 Å². The highest BCUT2D eigenvalue weighted by Gasteiger charge is 2.44. The summed E-state index contributed by atoms with van der Waals surface area (Å²) in [4.78, 5) is 0. The second-order valence-electron chi connectivity index (χ2n) is 6.24. The van der Waals surface area contributed by atoms with Crippen LogP contribution in [0, 0.1) is 0 Å². The van der Waals surface area contributed by atoms with Crippen molar-refractivity contribution < 1.29 is 0 Å². The van der Waals surface area contributed by atoms with Gasteiger partial charge in [-0.2, -0.15) is 0 Å². The minimum Gasteiger partial charge on any atom is -0.399 e. The summed E-state index contributed by atoms with van der Waals surface area (Å²) in [6, 6.07) is 17.3. The second kappa shape index (κ2) is 4.12. The van der Waals surface area contributed by atoms with Crippen molar-refractivity contribution in [1.82, 2.24) is 0 Å². The lowest BCUT2D eigenvalue weighted by atomic mass is 9.72. The molecule has 0 spiro atoms. The number of hydrogen-bond donors (Lipinski definition) is 1. The van der Waals surface area contributed by atoms with E-state index in [1.54, 1.807) is 0 Å². The van der Waals surface area contributed by atoms with Gasteiger partial charge in [-0.05, 0) is 46.1 Å². The van der Waals surface area contributed by atoms with Crippen molar-refractivity contribution in [3.05, 3.63) is 65.2 Å². The van der Waals surface area contributed by atoms with Crippen LogP contribution in [0.5, 0.6) is 0 Å². The number of anilines is 1. The van der Waals surface area contributed by atoms with Gasteiger partial charge in [0.2, 0.25) is 0 Å². The molecule has 1 aliphatic rings. The SMILES string of the molecule is CC1c2ccccc2C(C)(C)C1c1ccc(N)cc1. The van der Waals surface area contributed by atoms with Crippen LogP contribution in [0.2, 0.25) is 0 Å². The van der Waals surface area contributed by atoms with Crippen LogP contribution in [0.3, 0.4) is 0 Å². The number of nitrogen functional groups attached to an aromatic ring is 1. The fourth-order valence-electron chi connectivity index (χ4n) is 3.86. The average molecular weight is 251 g/mol.